The number of hydrogen-bond acceptors (Lipinski definition) is 5. The van der Waals surface area contributed by atoms with Gasteiger partial charge < -0.3 is 10.2 Å². The van der Waals surface area contributed by atoms with E-state index in [1.807, 2.05) is 66.7 Å². The average molecular weight is 389 g/mol. The second-order valence-electron chi connectivity index (χ2n) is 6.18. The number of hydrogen-bond donors (Lipinski definition) is 2. The first-order chi connectivity index (χ1) is 13.8. The molecule has 0 aliphatic rings. The monoisotopic (exact) mass is 389 g/mol. The van der Waals surface area contributed by atoms with E-state index >= 15 is 0 Å². The highest BCUT2D eigenvalue weighted by Crippen LogP contribution is 2.17. The molecular formula is C21H19N5OS. The number of ether oxygens (including phenoxy) is 1. The Morgan fingerprint density at radius 3 is 2.57 bits per heavy atom. The molecule has 0 amide bonds. The van der Waals surface area contributed by atoms with Gasteiger partial charge in [0.25, 0.3) is 0 Å². The van der Waals surface area contributed by atoms with Crippen LogP contribution in [-0.4, -0.2) is 19.9 Å². The molecule has 0 atom stereocenters. The third-order valence-electron chi connectivity index (χ3n) is 4.20. The Hall–Kier alpha value is -3.45. The molecule has 140 valence electrons. The summed E-state index contributed by atoms with van der Waals surface area (Å²) in [4.78, 5) is 4.04. The maximum absolute atomic E-state index is 5.91. The molecule has 2 N–H and O–H groups in total. The minimum atomic E-state index is 0.503. The van der Waals surface area contributed by atoms with Gasteiger partial charge in [0.05, 0.1) is 6.54 Å². The van der Waals surface area contributed by atoms with E-state index < -0.39 is 0 Å². The molecule has 2 aromatic carbocycles. The molecule has 2 heterocycles. The summed E-state index contributed by atoms with van der Waals surface area (Å²) in [5.74, 6) is 1.54. The van der Waals surface area contributed by atoms with Crippen LogP contribution in [0.1, 0.15) is 11.1 Å². The number of aromatic nitrogens is 4. The van der Waals surface area contributed by atoms with Crippen molar-refractivity contribution in [2.45, 2.75) is 13.2 Å². The van der Waals surface area contributed by atoms with E-state index in [-0.39, 0.29) is 0 Å². The first kappa shape index (κ1) is 17.9. The SMILES string of the molecule is S=c1[nH]nc(-c2ccncc2)n1NCc1cccc(OCc2ccccc2)c1. The van der Waals surface area contributed by atoms with E-state index in [4.69, 9.17) is 17.0 Å². The molecule has 2 aromatic heterocycles. The van der Waals surface area contributed by atoms with Crippen molar-refractivity contribution in [1.29, 1.82) is 0 Å². The lowest BCUT2D eigenvalue weighted by molar-refractivity contribution is 0.306. The fourth-order valence-corrected chi connectivity index (χ4v) is 2.99. The van der Waals surface area contributed by atoms with E-state index in [1.165, 1.54) is 0 Å². The summed E-state index contributed by atoms with van der Waals surface area (Å²) >= 11 is 5.35. The molecule has 0 unspecified atom stereocenters. The van der Waals surface area contributed by atoms with Crippen LogP contribution >= 0.6 is 12.2 Å². The first-order valence-corrected chi connectivity index (χ1v) is 9.28. The summed E-state index contributed by atoms with van der Waals surface area (Å²) in [5, 5.41) is 7.14. The minimum Gasteiger partial charge on any atom is -0.489 e. The zero-order valence-corrected chi connectivity index (χ0v) is 15.9. The Morgan fingerprint density at radius 1 is 0.964 bits per heavy atom. The summed E-state index contributed by atoms with van der Waals surface area (Å²) in [6, 6.07) is 21.9. The molecule has 28 heavy (non-hydrogen) atoms. The van der Waals surface area contributed by atoms with Crippen LogP contribution in [0.3, 0.4) is 0 Å². The molecule has 0 aliphatic carbocycles. The third kappa shape index (κ3) is 4.27. The van der Waals surface area contributed by atoms with Gasteiger partial charge in [0.1, 0.15) is 12.4 Å². The maximum Gasteiger partial charge on any atom is 0.214 e. The van der Waals surface area contributed by atoms with Crippen LogP contribution in [0.15, 0.2) is 79.1 Å². The van der Waals surface area contributed by atoms with E-state index in [2.05, 4.69) is 20.6 Å². The van der Waals surface area contributed by atoms with Crippen LogP contribution in [0.4, 0.5) is 0 Å². The Kier molecular flexibility index (Phi) is 5.44. The molecule has 0 bridgehead atoms. The lowest BCUT2D eigenvalue weighted by Gasteiger charge is -2.12. The Morgan fingerprint density at radius 2 is 1.75 bits per heavy atom. The largest absolute Gasteiger partial charge is 0.489 e. The van der Waals surface area contributed by atoms with Gasteiger partial charge in [-0.2, -0.15) is 5.10 Å². The molecule has 6 nitrogen and oxygen atoms in total. The third-order valence-corrected chi connectivity index (χ3v) is 4.47. The lowest BCUT2D eigenvalue weighted by atomic mass is 10.2. The average Bonchev–Trinajstić information content (AvgIpc) is 3.13. The lowest BCUT2D eigenvalue weighted by Crippen LogP contribution is -2.16. The maximum atomic E-state index is 5.91. The number of rotatable bonds is 7. The van der Waals surface area contributed by atoms with Gasteiger partial charge in [-0.15, -0.1) is 0 Å². The van der Waals surface area contributed by atoms with Crippen molar-refractivity contribution < 1.29 is 4.74 Å². The second kappa shape index (κ2) is 8.49. The molecule has 0 saturated heterocycles. The predicted molar refractivity (Wildman–Crippen MR) is 111 cm³/mol. The molecule has 4 rings (SSSR count). The highest BCUT2D eigenvalue weighted by molar-refractivity contribution is 7.71. The van der Waals surface area contributed by atoms with E-state index in [1.54, 1.807) is 17.1 Å². The number of pyridine rings is 1. The predicted octanol–water partition coefficient (Wildman–Crippen LogP) is 4.33. The van der Waals surface area contributed by atoms with E-state index in [9.17, 15) is 0 Å². The summed E-state index contributed by atoms with van der Waals surface area (Å²) in [6.45, 7) is 1.12. The van der Waals surface area contributed by atoms with Gasteiger partial charge in [-0.3, -0.25) is 4.98 Å². The van der Waals surface area contributed by atoms with Crippen molar-refractivity contribution >= 4 is 12.2 Å². The molecule has 4 aromatic rings. The Balaban J connectivity index is 1.45. The molecule has 0 saturated carbocycles. The zero-order valence-electron chi connectivity index (χ0n) is 15.1. The van der Waals surface area contributed by atoms with Crippen molar-refractivity contribution in [1.82, 2.24) is 19.9 Å². The Labute approximate surface area is 167 Å². The van der Waals surface area contributed by atoms with E-state index in [0.29, 0.717) is 23.7 Å². The van der Waals surface area contributed by atoms with Gasteiger partial charge in [0, 0.05) is 18.0 Å². The molecule has 0 radical (unpaired) electrons. The first-order valence-electron chi connectivity index (χ1n) is 8.87. The second-order valence-corrected chi connectivity index (χ2v) is 6.57. The van der Waals surface area contributed by atoms with Gasteiger partial charge in [-0.05, 0) is 47.6 Å². The van der Waals surface area contributed by atoms with Crippen LogP contribution in [0, 0.1) is 4.77 Å². The number of H-pyrrole nitrogens is 1. The molecular weight excluding hydrogens is 370 g/mol. The highest BCUT2D eigenvalue weighted by Gasteiger charge is 2.08. The number of nitrogens with zero attached hydrogens (tertiary/aromatic N) is 3. The van der Waals surface area contributed by atoms with Gasteiger partial charge in [0.15, 0.2) is 5.82 Å². The minimum absolute atomic E-state index is 0.503. The van der Waals surface area contributed by atoms with Crippen molar-refractivity contribution in [3.05, 3.63) is 95.0 Å². The molecule has 0 aliphatic heterocycles. The van der Waals surface area contributed by atoms with Crippen molar-refractivity contribution in [3.8, 4) is 17.1 Å². The summed E-state index contributed by atoms with van der Waals surface area (Å²) in [5.41, 5.74) is 6.46. The van der Waals surface area contributed by atoms with Crippen molar-refractivity contribution in [2.75, 3.05) is 5.43 Å². The van der Waals surface area contributed by atoms with Gasteiger partial charge >= 0.3 is 0 Å². The summed E-state index contributed by atoms with van der Waals surface area (Å²) < 4.78 is 8.18. The Bertz CT molecular complexity index is 1090. The highest BCUT2D eigenvalue weighted by atomic mass is 32.1. The molecule has 0 spiro atoms. The van der Waals surface area contributed by atoms with Crippen LogP contribution in [0.5, 0.6) is 5.75 Å². The molecule has 0 fully saturated rings. The number of benzene rings is 2. The van der Waals surface area contributed by atoms with Crippen LogP contribution in [0.25, 0.3) is 11.4 Å². The normalized spacial score (nSPS) is 10.6. The van der Waals surface area contributed by atoms with Crippen molar-refractivity contribution in [3.63, 3.8) is 0 Å². The van der Waals surface area contributed by atoms with Gasteiger partial charge in [-0.25, -0.2) is 9.77 Å². The van der Waals surface area contributed by atoms with Gasteiger partial charge in [-0.1, -0.05) is 42.5 Å². The van der Waals surface area contributed by atoms with Crippen LogP contribution in [0.2, 0.25) is 0 Å². The fourth-order valence-electron chi connectivity index (χ4n) is 2.79. The fraction of sp³-hybridized carbons (Fsp3) is 0.0952. The number of nitrogens with one attached hydrogen (secondary N) is 2. The number of aromatic amines is 1. The smallest absolute Gasteiger partial charge is 0.214 e. The van der Waals surface area contributed by atoms with Crippen LogP contribution < -0.4 is 10.2 Å². The quantitative estimate of drug-likeness (QED) is 0.461. The summed E-state index contributed by atoms with van der Waals surface area (Å²) in [7, 11) is 0. The standard InChI is InChI=1S/C21H19N5OS/c28-21-25-24-20(18-9-11-22-12-10-18)26(21)23-14-17-7-4-8-19(13-17)27-15-16-5-2-1-3-6-16/h1-13,23H,14-15H2,(H,25,28). The zero-order chi connectivity index (χ0) is 19.2. The van der Waals surface area contributed by atoms with Gasteiger partial charge in [0.2, 0.25) is 4.77 Å². The van der Waals surface area contributed by atoms with Crippen LogP contribution in [-0.2, 0) is 13.2 Å². The summed E-state index contributed by atoms with van der Waals surface area (Å²) in [6.07, 6.45) is 3.45. The topological polar surface area (TPSA) is 67.8 Å². The molecule has 7 heteroatoms. The van der Waals surface area contributed by atoms with E-state index in [0.717, 1.165) is 22.4 Å². The van der Waals surface area contributed by atoms with Crippen molar-refractivity contribution in [2.24, 2.45) is 0 Å².